The first-order chi connectivity index (χ1) is 10.7. The average Bonchev–Trinajstić information content (AvgIpc) is 2.88. The van der Waals surface area contributed by atoms with Crippen LogP contribution in [-0.2, 0) is 4.79 Å². The van der Waals surface area contributed by atoms with Crippen LogP contribution < -0.4 is 4.74 Å². The lowest BCUT2D eigenvalue weighted by Gasteiger charge is -2.09. The van der Waals surface area contributed by atoms with Gasteiger partial charge in [0.2, 0.25) is 5.12 Å². The van der Waals surface area contributed by atoms with Crippen molar-refractivity contribution in [2.75, 3.05) is 12.9 Å². The summed E-state index contributed by atoms with van der Waals surface area (Å²) in [7, 11) is 1.64. The second kappa shape index (κ2) is 6.58. The summed E-state index contributed by atoms with van der Waals surface area (Å²) in [4.78, 5) is 16.6. The number of thioether (sulfide) groups is 2. The van der Waals surface area contributed by atoms with Crippen molar-refractivity contribution in [1.82, 2.24) is 0 Å². The quantitative estimate of drug-likeness (QED) is 0.773. The third-order valence-corrected chi connectivity index (χ3v) is 5.19. The highest BCUT2D eigenvalue weighted by Crippen LogP contribution is 2.35. The Hall–Kier alpha value is -1.72. The van der Waals surface area contributed by atoms with E-state index in [1.54, 1.807) is 18.9 Å². The molecule has 3 nitrogen and oxygen atoms in total. The number of hydrogen-bond acceptors (Lipinski definition) is 5. The number of aliphatic imine (C=N–C) groups is 1. The molecule has 3 rings (SSSR count). The zero-order chi connectivity index (χ0) is 15.5. The molecule has 1 heterocycles. The highest BCUT2D eigenvalue weighted by molar-refractivity contribution is 8.45. The SMILES string of the molecule is CCSC1=N/C(=C/c2c(OC)ccc3ccccc23)C(=O)S1. The largest absolute Gasteiger partial charge is 0.496 e. The van der Waals surface area contributed by atoms with Crippen molar-refractivity contribution >= 4 is 49.9 Å². The summed E-state index contributed by atoms with van der Waals surface area (Å²) in [6.07, 6.45) is 1.83. The number of hydrogen-bond donors (Lipinski definition) is 0. The number of carbonyl (C=O) groups is 1. The van der Waals surface area contributed by atoms with E-state index in [0.29, 0.717) is 5.70 Å². The number of fused-ring (bicyclic) bond motifs is 1. The lowest BCUT2D eigenvalue weighted by atomic mass is 10.0. The highest BCUT2D eigenvalue weighted by Gasteiger charge is 2.22. The molecule has 112 valence electrons. The fourth-order valence-corrected chi connectivity index (χ4v) is 4.05. The topological polar surface area (TPSA) is 38.7 Å². The average molecular weight is 329 g/mol. The van der Waals surface area contributed by atoms with Gasteiger partial charge in [0.25, 0.3) is 0 Å². The van der Waals surface area contributed by atoms with Gasteiger partial charge in [0.15, 0.2) is 0 Å². The Morgan fingerprint density at radius 1 is 1.27 bits per heavy atom. The molecule has 0 amide bonds. The standard InChI is InChI=1S/C17H15NO2S2/c1-3-21-17-18-14(16(19)22-17)10-13-12-7-5-4-6-11(12)8-9-15(13)20-2/h4-10H,3H2,1-2H3/b14-10+. The first-order valence-electron chi connectivity index (χ1n) is 6.94. The van der Waals surface area contributed by atoms with Gasteiger partial charge in [-0.3, -0.25) is 4.79 Å². The first-order valence-corrected chi connectivity index (χ1v) is 8.74. The van der Waals surface area contributed by atoms with Crippen molar-refractivity contribution in [3.05, 3.63) is 47.7 Å². The molecular weight excluding hydrogens is 314 g/mol. The molecule has 1 aliphatic heterocycles. The van der Waals surface area contributed by atoms with Crippen LogP contribution in [0.25, 0.3) is 16.8 Å². The maximum absolute atomic E-state index is 12.1. The van der Waals surface area contributed by atoms with Gasteiger partial charge in [-0.2, -0.15) is 0 Å². The molecule has 0 saturated carbocycles. The van der Waals surface area contributed by atoms with Gasteiger partial charge in [-0.05, 0) is 40.4 Å². The Balaban J connectivity index is 2.13. The molecule has 2 aromatic rings. The lowest BCUT2D eigenvalue weighted by Crippen LogP contribution is -1.92. The molecule has 0 spiro atoms. The van der Waals surface area contributed by atoms with Gasteiger partial charge in [0.05, 0.1) is 7.11 Å². The fourth-order valence-electron chi connectivity index (χ4n) is 2.31. The minimum atomic E-state index is -0.00839. The Bertz CT molecular complexity index is 796. The van der Waals surface area contributed by atoms with Gasteiger partial charge in [-0.1, -0.05) is 49.0 Å². The Morgan fingerprint density at radius 2 is 2.09 bits per heavy atom. The van der Waals surface area contributed by atoms with E-state index >= 15 is 0 Å². The summed E-state index contributed by atoms with van der Waals surface area (Å²) in [5.41, 5.74) is 1.38. The molecule has 0 bridgehead atoms. The molecule has 22 heavy (non-hydrogen) atoms. The molecule has 0 atom stereocenters. The third kappa shape index (κ3) is 2.91. The van der Waals surface area contributed by atoms with Crippen LogP contribution in [0.3, 0.4) is 0 Å². The smallest absolute Gasteiger partial charge is 0.244 e. The second-order valence-corrected chi connectivity index (χ2v) is 7.11. The monoisotopic (exact) mass is 329 g/mol. The molecule has 0 N–H and O–H groups in total. The van der Waals surface area contributed by atoms with Crippen LogP contribution in [0.1, 0.15) is 12.5 Å². The van der Waals surface area contributed by atoms with E-state index in [9.17, 15) is 4.79 Å². The van der Waals surface area contributed by atoms with Crippen LogP contribution in [0.15, 0.2) is 47.1 Å². The van der Waals surface area contributed by atoms with Gasteiger partial charge in [0.1, 0.15) is 15.8 Å². The van der Waals surface area contributed by atoms with E-state index in [-0.39, 0.29) is 5.12 Å². The zero-order valence-electron chi connectivity index (χ0n) is 12.3. The van der Waals surface area contributed by atoms with Gasteiger partial charge < -0.3 is 4.74 Å². The zero-order valence-corrected chi connectivity index (χ0v) is 14.0. The maximum Gasteiger partial charge on any atom is 0.244 e. The second-order valence-electron chi connectivity index (χ2n) is 4.63. The molecule has 5 heteroatoms. The van der Waals surface area contributed by atoms with Crippen molar-refractivity contribution in [2.24, 2.45) is 4.99 Å². The Kier molecular flexibility index (Phi) is 4.55. The number of ether oxygens (including phenoxy) is 1. The minimum absolute atomic E-state index is 0.00839. The summed E-state index contributed by atoms with van der Waals surface area (Å²) in [5, 5.41) is 2.16. The van der Waals surface area contributed by atoms with Crippen LogP contribution in [0.2, 0.25) is 0 Å². The van der Waals surface area contributed by atoms with Crippen LogP contribution in [0.5, 0.6) is 5.75 Å². The third-order valence-electron chi connectivity index (χ3n) is 3.30. The number of rotatable bonds is 3. The summed E-state index contributed by atoms with van der Waals surface area (Å²) in [6.45, 7) is 2.05. The van der Waals surface area contributed by atoms with Gasteiger partial charge in [-0.25, -0.2) is 4.99 Å². The minimum Gasteiger partial charge on any atom is -0.496 e. The molecular formula is C17H15NO2S2. The predicted octanol–water partition coefficient (Wildman–Crippen LogP) is 4.57. The van der Waals surface area contributed by atoms with Crippen molar-refractivity contribution in [3.8, 4) is 5.75 Å². The molecule has 0 saturated heterocycles. The molecule has 0 fully saturated rings. The molecule has 0 aliphatic carbocycles. The van der Waals surface area contributed by atoms with Crippen LogP contribution >= 0.6 is 23.5 Å². The summed E-state index contributed by atoms with van der Waals surface area (Å²) in [5.74, 6) is 1.65. The number of carbonyl (C=O) groups excluding carboxylic acids is 1. The van der Waals surface area contributed by atoms with E-state index in [1.807, 2.05) is 49.4 Å². The van der Waals surface area contributed by atoms with E-state index in [1.165, 1.54) is 11.8 Å². The van der Waals surface area contributed by atoms with Crippen molar-refractivity contribution in [2.45, 2.75) is 6.92 Å². The van der Waals surface area contributed by atoms with Gasteiger partial charge in [0, 0.05) is 5.56 Å². The lowest BCUT2D eigenvalue weighted by molar-refractivity contribution is -0.107. The summed E-state index contributed by atoms with van der Waals surface area (Å²) < 4.78 is 6.27. The normalized spacial score (nSPS) is 16.4. The first kappa shape index (κ1) is 15.2. The van der Waals surface area contributed by atoms with Crippen molar-refractivity contribution in [3.63, 3.8) is 0 Å². The molecule has 2 aromatic carbocycles. The summed E-state index contributed by atoms with van der Waals surface area (Å²) >= 11 is 2.79. The van der Waals surface area contributed by atoms with Gasteiger partial charge in [-0.15, -0.1) is 0 Å². The van der Waals surface area contributed by atoms with E-state index < -0.39 is 0 Å². The fraction of sp³-hybridized carbons (Fsp3) is 0.176. The maximum atomic E-state index is 12.1. The van der Waals surface area contributed by atoms with Crippen LogP contribution in [-0.4, -0.2) is 22.4 Å². The number of nitrogens with zero attached hydrogens (tertiary/aromatic N) is 1. The summed E-state index contributed by atoms with van der Waals surface area (Å²) in [6, 6.07) is 12.0. The number of benzene rings is 2. The van der Waals surface area contributed by atoms with E-state index in [4.69, 9.17) is 4.74 Å². The molecule has 0 unspecified atom stereocenters. The van der Waals surface area contributed by atoms with E-state index in [0.717, 1.165) is 32.2 Å². The van der Waals surface area contributed by atoms with Crippen molar-refractivity contribution < 1.29 is 9.53 Å². The number of methoxy groups -OCH3 is 1. The van der Waals surface area contributed by atoms with Crippen LogP contribution in [0, 0.1) is 0 Å². The molecule has 0 aromatic heterocycles. The molecule has 0 radical (unpaired) electrons. The van der Waals surface area contributed by atoms with E-state index in [2.05, 4.69) is 4.99 Å². The van der Waals surface area contributed by atoms with Crippen LogP contribution in [0.4, 0.5) is 0 Å². The molecule has 1 aliphatic rings. The Morgan fingerprint density at radius 3 is 2.86 bits per heavy atom. The predicted molar refractivity (Wildman–Crippen MR) is 96.6 cm³/mol. The Labute approximate surface area is 137 Å². The van der Waals surface area contributed by atoms with Gasteiger partial charge >= 0.3 is 0 Å². The van der Waals surface area contributed by atoms with Crippen molar-refractivity contribution in [1.29, 1.82) is 0 Å². The highest BCUT2D eigenvalue weighted by atomic mass is 32.2.